The minimum Gasteiger partial charge on any atom is -0.393 e. The Morgan fingerprint density at radius 3 is 2.35 bits per heavy atom. The molecular formula is C16H17F5O4S. The van der Waals surface area contributed by atoms with Crippen molar-refractivity contribution in [2.45, 2.75) is 66.6 Å². The Morgan fingerprint density at radius 1 is 1.12 bits per heavy atom. The van der Waals surface area contributed by atoms with Crippen LogP contribution in [-0.2, 0) is 16.3 Å². The van der Waals surface area contributed by atoms with Crippen LogP contribution < -0.4 is 0 Å². The molecule has 0 unspecified atom stereocenters. The zero-order valence-corrected chi connectivity index (χ0v) is 14.2. The lowest BCUT2D eigenvalue weighted by molar-refractivity contribution is -0.0978. The molecule has 0 aromatic heterocycles. The van der Waals surface area contributed by atoms with Crippen LogP contribution in [0.25, 0.3) is 0 Å². The zero-order chi connectivity index (χ0) is 19.5. The first-order valence-corrected chi connectivity index (χ1v) is 9.55. The molecule has 0 bridgehead atoms. The number of rotatable bonds is 2. The first-order chi connectivity index (χ1) is 11.9. The number of fused-ring (bicyclic) bond motifs is 1. The average molecular weight is 400 g/mol. The van der Waals surface area contributed by atoms with E-state index in [0.29, 0.717) is 25.3 Å². The summed E-state index contributed by atoms with van der Waals surface area (Å²) in [6.07, 6.45) is -2.38. The van der Waals surface area contributed by atoms with E-state index in [2.05, 4.69) is 0 Å². The van der Waals surface area contributed by atoms with Gasteiger partial charge in [-0.05, 0) is 42.4 Å². The van der Waals surface area contributed by atoms with Gasteiger partial charge < -0.3 is 10.2 Å². The molecule has 4 nitrogen and oxygen atoms in total. The summed E-state index contributed by atoms with van der Waals surface area (Å²) in [6.45, 7) is 0. The fourth-order valence-electron chi connectivity index (χ4n) is 3.89. The second kappa shape index (κ2) is 6.13. The van der Waals surface area contributed by atoms with E-state index in [0.717, 1.165) is 6.07 Å². The van der Waals surface area contributed by atoms with Crippen molar-refractivity contribution in [2.24, 2.45) is 0 Å². The van der Waals surface area contributed by atoms with Crippen molar-refractivity contribution >= 4 is 9.84 Å². The number of alkyl halides is 5. The van der Waals surface area contributed by atoms with Gasteiger partial charge in [0.05, 0.1) is 11.0 Å². The van der Waals surface area contributed by atoms with Gasteiger partial charge >= 0.3 is 5.51 Å². The molecule has 26 heavy (non-hydrogen) atoms. The Labute approximate surface area is 146 Å². The molecule has 2 N–H and O–H groups in total. The van der Waals surface area contributed by atoms with E-state index < -0.39 is 50.4 Å². The summed E-state index contributed by atoms with van der Waals surface area (Å²) >= 11 is 0. The van der Waals surface area contributed by atoms with Crippen molar-refractivity contribution in [1.82, 2.24) is 0 Å². The molecule has 2 aliphatic rings. The Morgan fingerprint density at radius 2 is 1.77 bits per heavy atom. The molecule has 3 rings (SSSR count). The maximum absolute atomic E-state index is 14.0. The van der Waals surface area contributed by atoms with Crippen LogP contribution in [0.15, 0.2) is 17.0 Å². The Kier molecular flexibility index (Phi) is 4.60. The molecule has 1 saturated carbocycles. The molecule has 1 fully saturated rings. The van der Waals surface area contributed by atoms with Crippen LogP contribution in [0.2, 0.25) is 0 Å². The lowest BCUT2D eigenvalue weighted by atomic mass is 9.80. The quantitative estimate of drug-likeness (QED) is 0.748. The van der Waals surface area contributed by atoms with Gasteiger partial charge in [0.2, 0.25) is 0 Å². The highest BCUT2D eigenvalue weighted by Gasteiger charge is 2.55. The van der Waals surface area contributed by atoms with Gasteiger partial charge in [-0.15, -0.1) is 0 Å². The van der Waals surface area contributed by atoms with E-state index in [9.17, 15) is 40.6 Å². The lowest BCUT2D eigenvalue weighted by Crippen LogP contribution is -2.27. The third-order valence-corrected chi connectivity index (χ3v) is 6.66. The molecular weight excluding hydrogens is 383 g/mol. The summed E-state index contributed by atoms with van der Waals surface area (Å²) in [4.78, 5) is -1.33. The largest absolute Gasteiger partial charge is 0.501 e. The van der Waals surface area contributed by atoms with Crippen molar-refractivity contribution in [3.8, 4) is 0 Å². The fraction of sp³-hybridized carbons (Fsp3) is 0.625. The van der Waals surface area contributed by atoms with E-state index >= 15 is 0 Å². The van der Waals surface area contributed by atoms with Crippen LogP contribution in [0.4, 0.5) is 22.0 Å². The second-order valence-electron chi connectivity index (χ2n) is 6.85. The van der Waals surface area contributed by atoms with Gasteiger partial charge in [-0.25, -0.2) is 17.2 Å². The Balaban J connectivity index is 2.19. The van der Waals surface area contributed by atoms with Crippen molar-refractivity contribution < 1.29 is 40.6 Å². The van der Waals surface area contributed by atoms with Gasteiger partial charge in [-0.2, -0.15) is 13.2 Å². The Hall–Kier alpha value is -1.26. The van der Waals surface area contributed by atoms with E-state index in [-0.39, 0.29) is 23.5 Å². The van der Waals surface area contributed by atoms with Crippen LogP contribution in [0.5, 0.6) is 0 Å². The number of aliphatic hydroxyl groups excluding tert-OH is 2. The first-order valence-electron chi connectivity index (χ1n) is 8.07. The summed E-state index contributed by atoms with van der Waals surface area (Å²) in [6, 6.07) is 1.75. The number of sulfone groups is 1. The van der Waals surface area contributed by atoms with Crippen molar-refractivity contribution in [1.29, 1.82) is 0 Å². The fourth-order valence-corrected chi connectivity index (χ4v) is 4.91. The maximum atomic E-state index is 14.0. The van der Waals surface area contributed by atoms with Crippen molar-refractivity contribution in [3.63, 3.8) is 0 Å². The van der Waals surface area contributed by atoms with Crippen LogP contribution in [0.1, 0.15) is 54.4 Å². The molecule has 0 radical (unpaired) electrons. The normalized spacial score (nSPS) is 28.8. The number of hydrogen-bond donors (Lipinski definition) is 2. The lowest BCUT2D eigenvalue weighted by Gasteiger charge is -2.28. The zero-order valence-electron chi connectivity index (χ0n) is 13.4. The number of halogens is 5. The van der Waals surface area contributed by atoms with Crippen molar-refractivity contribution in [2.75, 3.05) is 0 Å². The maximum Gasteiger partial charge on any atom is 0.501 e. The molecule has 0 spiro atoms. The molecule has 10 heteroatoms. The third kappa shape index (κ3) is 3.01. The summed E-state index contributed by atoms with van der Waals surface area (Å²) in [5, 5.41) is 19.7. The SMILES string of the molecule is O=S(=O)(c1ccc([C@@H]2CCC[C@H](O)C2)c2c1[C@H](O)C(F)(F)C2)C(F)(F)F. The minimum absolute atomic E-state index is 0.249. The van der Waals surface area contributed by atoms with Gasteiger partial charge in [-0.3, -0.25) is 0 Å². The van der Waals surface area contributed by atoms with Gasteiger partial charge in [0, 0.05) is 12.0 Å². The molecule has 0 heterocycles. The van der Waals surface area contributed by atoms with Crippen LogP contribution in [0.3, 0.4) is 0 Å². The monoisotopic (exact) mass is 400 g/mol. The van der Waals surface area contributed by atoms with Gasteiger partial charge in [0.25, 0.3) is 15.8 Å². The van der Waals surface area contributed by atoms with Gasteiger partial charge in [0.15, 0.2) is 0 Å². The number of hydrogen-bond acceptors (Lipinski definition) is 4. The molecule has 146 valence electrons. The summed E-state index contributed by atoms with van der Waals surface area (Å²) in [7, 11) is -5.89. The highest BCUT2D eigenvalue weighted by Crippen LogP contribution is 2.51. The van der Waals surface area contributed by atoms with Crippen LogP contribution in [-0.4, -0.2) is 36.2 Å². The highest BCUT2D eigenvalue weighted by molar-refractivity contribution is 7.92. The minimum atomic E-state index is -5.89. The summed E-state index contributed by atoms with van der Waals surface area (Å²) in [5.74, 6) is -4.14. The standard InChI is InChI=1S/C16H17F5O4S/c17-15(18)7-11-10(8-2-1-3-9(22)6-8)4-5-12(13(11)14(15)23)26(24,25)16(19,20)21/h4-5,8-9,14,22-23H,1-3,6-7H2/t8-,9+,14+/m1/s1. The average Bonchev–Trinajstić information content (AvgIpc) is 2.75. The van der Waals surface area contributed by atoms with E-state index in [1.807, 2.05) is 0 Å². The third-order valence-electron chi connectivity index (χ3n) is 5.12. The molecule has 2 aliphatic carbocycles. The van der Waals surface area contributed by atoms with E-state index in [1.54, 1.807) is 0 Å². The van der Waals surface area contributed by atoms with Gasteiger partial charge in [0.1, 0.15) is 6.10 Å². The topological polar surface area (TPSA) is 74.6 Å². The molecule has 0 amide bonds. The Bertz CT molecular complexity index is 819. The van der Waals surface area contributed by atoms with Crippen LogP contribution >= 0.6 is 0 Å². The summed E-state index contributed by atoms with van der Waals surface area (Å²) in [5.41, 5.74) is -6.52. The van der Waals surface area contributed by atoms with Crippen LogP contribution in [0, 0.1) is 0 Å². The smallest absolute Gasteiger partial charge is 0.393 e. The predicted molar refractivity (Wildman–Crippen MR) is 80.5 cm³/mol. The van der Waals surface area contributed by atoms with E-state index in [1.165, 1.54) is 0 Å². The molecule has 1 aromatic carbocycles. The van der Waals surface area contributed by atoms with E-state index in [4.69, 9.17) is 0 Å². The first kappa shape index (κ1) is 19.5. The highest BCUT2D eigenvalue weighted by atomic mass is 32.2. The molecule has 1 aromatic rings. The number of aliphatic hydroxyl groups is 2. The predicted octanol–water partition coefficient (Wildman–Crippen LogP) is 3.22. The summed E-state index contributed by atoms with van der Waals surface area (Å²) < 4.78 is 90.4. The molecule has 0 aliphatic heterocycles. The number of benzene rings is 1. The van der Waals surface area contributed by atoms with Crippen molar-refractivity contribution in [3.05, 3.63) is 28.8 Å². The van der Waals surface area contributed by atoms with Gasteiger partial charge in [-0.1, -0.05) is 12.5 Å². The molecule has 3 atom stereocenters. The second-order valence-corrected chi connectivity index (χ2v) is 8.76. The molecule has 0 saturated heterocycles.